The predicted molar refractivity (Wildman–Crippen MR) is 86.3 cm³/mol. The zero-order valence-corrected chi connectivity index (χ0v) is 14.3. The molecule has 1 aromatic heterocycles. The minimum Gasteiger partial charge on any atom is -0.341 e. The topological polar surface area (TPSA) is 63.9 Å². The van der Waals surface area contributed by atoms with Gasteiger partial charge in [0.25, 0.3) is 0 Å². The number of hydrogen-bond acceptors (Lipinski definition) is 5. The van der Waals surface area contributed by atoms with E-state index in [4.69, 9.17) is 0 Å². The third-order valence-electron chi connectivity index (χ3n) is 3.15. The third-order valence-corrected chi connectivity index (χ3v) is 4.09. The molecule has 0 radical (unpaired) electrons. The highest BCUT2D eigenvalue weighted by molar-refractivity contribution is 7.99. The Kier molecular flexibility index (Phi) is 6.09. The first kappa shape index (κ1) is 17.4. The van der Waals surface area contributed by atoms with Gasteiger partial charge in [0.2, 0.25) is 11.1 Å². The zero-order valence-electron chi connectivity index (χ0n) is 13.4. The number of benzene rings is 1. The second kappa shape index (κ2) is 8.05. The molecule has 6 nitrogen and oxygen atoms in total. The van der Waals surface area contributed by atoms with E-state index >= 15 is 0 Å². The van der Waals surface area contributed by atoms with Crippen LogP contribution >= 0.6 is 11.8 Å². The number of carbonyl (C=O) groups excluding carboxylic acids is 1. The minimum absolute atomic E-state index is 0.0997. The van der Waals surface area contributed by atoms with Gasteiger partial charge in [-0.2, -0.15) is 0 Å². The number of halogens is 1. The van der Waals surface area contributed by atoms with Crippen molar-refractivity contribution in [2.45, 2.75) is 32.1 Å². The molecule has 23 heavy (non-hydrogen) atoms. The van der Waals surface area contributed by atoms with Gasteiger partial charge >= 0.3 is 0 Å². The number of rotatable bonds is 7. The number of amides is 1. The monoisotopic (exact) mass is 337 g/mol. The van der Waals surface area contributed by atoms with Crippen LogP contribution in [0.2, 0.25) is 0 Å². The maximum absolute atomic E-state index is 13.6. The molecule has 0 fully saturated rings. The van der Waals surface area contributed by atoms with Crippen LogP contribution in [0.5, 0.6) is 0 Å². The van der Waals surface area contributed by atoms with Gasteiger partial charge < -0.3 is 4.90 Å². The lowest BCUT2D eigenvalue weighted by atomic mass is 10.2. The maximum atomic E-state index is 13.6. The van der Waals surface area contributed by atoms with Gasteiger partial charge in [0.15, 0.2) is 0 Å². The molecular formula is C15H20FN5OS. The summed E-state index contributed by atoms with van der Waals surface area (Å²) in [6.07, 6.45) is 0. The summed E-state index contributed by atoms with van der Waals surface area (Å²) in [7, 11) is 1.66. The van der Waals surface area contributed by atoms with E-state index in [1.165, 1.54) is 22.7 Å². The molecule has 0 atom stereocenters. The Balaban J connectivity index is 1.89. The van der Waals surface area contributed by atoms with Crippen LogP contribution in [0.15, 0.2) is 29.4 Å². The van der Waals surface area contributed by atoms with E-state index in [0.717, 1.165) is 0 Å². The highest BCUT2D eigenvalue weighted by Crippen LogP contribution is 2.16. The Morgan fingerprint density at radius 2 is 2.13 bits per heavy atom. The largest absolute Gasteiger partial charge is 0.341 e. The quantitative estimate of drug-likeness (QED) is 0.725. The molecule has 124 valence electrons. The van der Waals surface area contributed by atoms with E-state index in [2.05, 4.69) is 29.4 Å². The summed E-state index contributed by atoms with van der Waals surface area (Å²) in [4.78, 5) is 13.7. The lowest BCUT2D eigenvalue weighted by molar-refractivity contribution is -0.127. The number of nitrogens with zero attached hydrogens (tertiary/aromatic N) is 5. The molecule has 0 saturated carbocycles. The molecular weight excluding hydrogens is 317 g/mol. The fraction of sp³-hybridized carbons (Fsp3) is 0.467. The molecule has 0 spiro atoms. The van der Waals surface area contributed by atoms with E-state index in [0.29, 0.717) is 23.2 Å². The normalized spacial score (nSPS) is 11.0. The van der Waals surface area contributed by atoms with Crippen molar-refractivity contribution in [3.8, 4) is 0 Å². The van der Waals surface area contributed by atoms with Gasteiger partial charge in [0, 0.05) is 25.7 Å². The molecule has 1 aromatic carbocycles. The van der Waals surface area contributed by atoms with E-state index in [1.54, 1.807) is 29.9 Å². The van der Waals surface area contributed by atoms with Crippen molar-refractivity contribution in [1.82, 2.24) is 25.1 Å². The summed E-state index contributed by atoms with van der Waals surface area (Å²) in [6, 6.07) is 6.45. The Bertz CT molecular complexity index is 661. The molecule has 1 amide bonds. The number of hydrogen-bond donors (Lipinski definition) is 0. The number of carbonyl (C=O) groups is 1. The highest BCUT2D eigenvalue weighted by atomic mass is 32.2. The fourth-order valence-electron chi connectivity index (χ4n) is 1.97. The van der Waals surface area contributed by atoms with Crippen molar-refractivity contribution in [3.05, 3.63) is 35.6 Å². The van der Waals surface area contributed by atoms with Crippen molar-refractivity contribution >= 4 is 17.7 Å². The molecule has 2 aromatic rings. The lowest BCUT2D eigenvalue weighted by Crippen LogP contribution is -2.28. The summed E-state index contributed by atoms with van der Waals surface area (Å²) in [5.74, 6) is 0.221. The van der Waals surface area contributed by atoms with Gasteiger partial charge in [0.05, 0.1) is 5.75 Å². The highest BCUT2D eigenvalue weighted by Gasteiger charge is 2.15. The molecule has 2 rings (SSSR count). The Hall–Kier alpha value is -1.96. The van der Waals surface area contributed by atoms with Gasteiger partial charge in [-0.05, 0) is 22.4 Å². The van der Waals surface area contributed by atoms with Crippen molar-refractivity contribution < 1.29 is 9.18 Å². The Morgan fingerprint density at radius 1 is 1.39 bits per heavy atom. The van der Waals surface area contributed by atoms with Crippen LogP contribution in [0.1, 0.15) is 19.4 Å². The third kappa shape index (κ3) is 5.02. The van der Waals surface area contributed by atoms with E-state index in [-0.39, 0.29) is 24.0 Å². The van der Waals surface area contributed by atoms with Crippen molar-refractivity contribution in [1.29, 1.82) is 0 Å². The van der Waals surface area contributed by atoms with Crippen LogP contribution in [-0.2, 0) is 17.9 Å². The number of tetrazole rings is 1. The van der Waals surface area contributed by atoms with Gasteiger partial charge in [-0.1, -0.05) is 43.8 Å². The first-order valence-electron chi connectivity index (χ1n) is 7.33. The first-order chi connectivity index (χ1) is 11.0. The SMILES string of the molecule is CC(C)Cn1nnnc1SCC(=O)N(C)Cc1ccccc1F. The van der Waals surface area contributed by atoms with Crippen molar-refractivity contribution in [3.63, 3.8) is 0 Å². The minimum atomic E-state index is -0.305. The van der Waals surface area contributed by atoms with Crippen molar-refractivity contribution in [2.75, 3.05) is 12.8 Å². The van der Waals surface area contributed by atoms with Crippen LogP contribution in [0.3, 0.4) is 0 Å². The summed E-state index contributed by atoms with van der Waals surface area (Å²) < 4.78 is 15.3. The second-order valence-electron chi connectivity index (χ2n) is 5.67. The molecule has 8 heteroatoms. The smallest absolute Gasteiger partial charge is 0.233 e. The molecule has 1 heterocycles. The first-order valence-corrected chi connectivity index (χ1v) is 8.32. The maximum Gasteiger partial charge on any atom is 0.233 e. The molecule has 0 unspecified atom stereocenters. The summed E-state index contributed by atoms with van der Waals surface area (Å²) in [5.41, 5.74) is 0.498. The van der Waals surface area contributed by atoms with Gasteiger partial charge in [-0.3, -0.25) is 4.79 Å². The standard InChI is InChI=1S/C15H20FN5OS/c1-11(2)8-21-15(17-18-19-21)23-10-14(22)20(3)9-12-6-4-5-7-13(12)16/h4-7,11H,8-10H2,1-3H3. The molecule has 0 aliphatic heterocycles. The molecule has 0 aliphatic carbocycles. The van der Waals surface area contributed by atoms with Crippen LogP contribution in [0.25, 0.3) is 0 Å². The average molecular weight is 337 g/mol. The van der Waals surface area contributed by atoms with E-state index < -0.39 is 0 Å². The van der Waals surface area contributed by atoms with Crippen LogP contribution in [-0.4, -0.2) is 43.8 Å². The number of aromatic nitrogens is 4. The summed E-state index contributed by atoms with van der Waals surface area (Å²) in [6.45, 7) is 5.09. The van der Waals surface area contributed by atoms with Gasteiger partial charge in [-0.25, -0.2) is 9.07 Å². The average Bonchev–Trinajstić information content (AvgIpc) is 2.93. The predicted octanol–water partition coefficient (Wildman–Crippen LogP) is 2.22. The second-order valence-corrected chi connectivity index (χ2v) is 6.61. The molecule has 0 N–H and O–H groups in total. The zero-order chi connectivity index (χ0) is 16.8. The van der Waals surface area contributed by atoms with Crippen LogP contribution < -0.4 is 0 Å². The van der Waals surface area contributed by atoms with Crippen molar-refractivity contribution in [2.24, 2.45) is 5.92 Å². The molecule has 0 bridgehead atoms. The van der Waals surface area contributed by atoms with Crippen LogP contribution in [0.4, 0.5) is 4.39 Å². The summed E-state index contributed by atoms with van der Waals surface area (Å²) >= 11 is 1.29. The molecule has 0 saturated heterocycles. The van der Waals surface area contributed by atoms with Gasteiger partial charge in [-0.15, -0.1) is 5.10 Å². The van der Waals surface area contributed by atoms with Gasteiger partial charge in [0.1, 0.15) is 5.82 Å². The van der Waals surface area contributed by atoms with Crippen LogP contribution in [0, 0.1) is 11.7 Å². The number of thioether (sulfide) groups is 1. The summed E-state index contributed by atoms with van der Waals surface area (Å²) in [5, 5.41) is 12.1. The van der Waals surface area contributed by atoms with E-state index in [9.17, 15) is 9.18 Å². The Labute approximate surface area is 139 Å². The Morgan fingerprint density at radius 3 is 2.83 bits per heavy atom. The molecule has 0 aliphatic rings. The lowest BCUT2D eigenvalue weighted by Gasteiger charge is -2.17. The van der Waals surface area contributed by atoms with E-state index in [1.807, 2.05) is 0 Å². The fourth-order valence-corrected chi connectivity index (χ4v) is 2.79.